The van der Waals surface area contributed by atoms with Crippen molar-refractivity contribution in [3.05, 3.63) is 0 Å². The Kier molecular flexibility index (Phi) is 59.6. The van der Waals surface area contributed by atoms with Gasteiger partial charge in [-0.2, -0.15) is 0 Å². The zero-order valence-electron chi connectivity index (χ0n) is 60.2. The van der Waals surface area contributed by atoms with E-state index in [0.717, 1.165) is 100 Å². The lowest BCUT2D eigenvalue weighted by atomic mass is 9.91. The zero-order valence-corrected chi connectivity index (χ0v) is 63.5. The van der Waals surface area contributed by atoms with Crippen LogP contribution in [0.25, 0.3) is 0 Å². The molecule has 0 aromatic carbocycles. The summed E-state index contributed by atoms with van der Waals surface area (Å²) in [7, 11) is 7.83. The van der Waals surface area contributed by atoms with Gasteiger partial charge in [-0.25, -0.2) is 0 Å². The van der Waals surface area contributed by atoms with Crippen LogP contribution in [-0.4, -0.2) is 165 Å². The lowest BCUT2D eigenvalue weighted by Gasteiger charge is -2.21. The maximum absolute atomic E-state index is 12.5. The molecule has 0 radical (unpaired) electrons. The van der Waals surface area contributed by atoms with Crippen molar-refractivity contribution in [1.29, 1.82) is 0 Å². The van der Waals surface area contributed by atoms with E-state index in [0.29, 0.717) is 121 Å². The molecule has 91 heavy (non-hydrogen) atoms. The maximum atomic E-state index is 12.5. The summed E-state index contributed by atoms with van der Waals surface area (Å²) in [5, 5.41) is 1.41. The number of hydrogen-bond acceptors (Lipinski definition) is 17. The Bertz CT molecular complexity index is 1550. The highest BCUT2D eigenvalue weighted by atomic mass is 33.1. The first kappa shape index (κ1) is 87.1. The highest BCUT2D eigenvalue weighted by molar-refractivity contribution is 8.77. The number of rotatable bonds is 68. The smallest absolute Gasteiger partial charge is 0.305 e. The molecule has 540 valence electrons. The van der Waals surface area contributed by atoms with Crippen LogP contribution >= 0.6 is 43.2 Å². The fraction of sp³-hybridized carbons (Fsp3) is 0.973. The van der Waals surface area contributed by atoms with Gasteiger partial charge in [0.05, 0.1) is 92.5 Å². The average Bonchev–Trinajstić information content (AvgIpc) is 4.46. The molecule has 0 aromatic rings. The van der Waals surface area contributed by atoms with Gasteiger partial charge < -0.3 is 52.1 Å². The average molecular weight is 1370 g/mol. The Morgan fingerprint density at radius 1 is 0.319 bits per heavy atom. The summed E-state index contributed by atoms with van der Waals surface area (Å²) in [5.74, 6) is 8.27. The number of unbranched alkanes of at least 4 members (excludes halogenated alkanes) is 2. The minimum atomic E-state index is -0.553. The fourth-order valence-electron chi connectivity index (χ4n) is 11.6. The van der Waals surface area contributed by atoms with Gasteiger partial charge in [0.2, 0.25) is 0 Å². The van der Waals surface area contributed by atoms with Gasteiger partial charge in [0.1, 0.15) is 25.4 Å². The summed E-state index contributed by atoms with van der Waals surface area (Å²) in [6.07, 6.45) is 35.1. The Morgan fingerprint density at radius 3 is 0.967 bits per heavy atom. The molecule has 0 aromatic heterocycles. The van der Waals surface area contributed by atoms with Crippen LogP contribution in [0.2, 0.25) is 0 Å². The van der Waals surface area contributed by atoms with E-state index in [9.17, 15) is 9.59 Å². The van der Waals surface area contributed by atoms with E-state index in [1.54, 1.807) is 0 Å². The van der Waals surface area contributed by atoms with Gasteiger partial charge in [-0.15, -0.1) is 0 Å². The minimum absolute atomic E-state index is 0.0415. The van der Waals surface area contributed by atoms with Gasteiger partial charge in [-0.3, -0.25) is 9.59 Å². The molecule has 2 rings (SSSR count). The molecule has 9 atom stereocenters. The van der Waals surface area contributed by atoms with Crippen molar-refractivity contribution < 1.29 is 61.7 Å². The van der Waals surface area contributed by atoms with E-state index < -0.39 is 6.10 Å². The number of ether oxygens (including phenoxy) is 11. The second-order valence-corrected chi connectivity index (χ2v) is 33.9. The molecule has 2 aliphatic heterocycles. The second kappa shape index (κ2) is 62.2. The van der Waals surface area contributed by atoms with Crippen LogP contribution in [-0.2, 0) is 61.7 Å². The molecule has 13 nitrogen and oxygen atoms in total. The van der Waals surface area contributed by atoms with Gasteiger partial charge in [-0.1, -0.05) is 241 Å². The molecule has 0 N–H and O–H groups in total. The lowest BCUT2D eigenvalue weighted by Crippen LogP contribution is -2.30. The van der Waals surface area contributed by atoms with E-state index in [1.807, 2.05) is 43.2 Å². The first-order valence-corrected chi connectivity index (χ1v) is 42.1. The van der Waals surface area contributed by atoms with E-state index in [-0.39, 0.29) is 37.9 Å². The van der Waals surface area contributed by atoms with Crippen LogP contribution in [0.1, 0.15) is 262 Å². The largest absolute Gasteiger partial charge is 0.463 e. The normalized spacial score (nSPS) is 18.0. The summed E-state index contributed by atoms with van der Waals surface area (Å²) < 4.78 is 64.6. The molecule has 17 heteroatoms. The quantitative estimate of drug-likeness (QED) is 0.0324. The maximum Gasteiger partial charge on any atom is 0.305 e. The Hall–Kier alpha value is -0.0200. The highest BCUT2D eigenvalue weighted by Crippen LogP contribution is 2.41. The van der Waals surface area contributed by atoms with Gasteiger partial charge >= 0.3 is 11.9 Å². The fourth-order valence-corrected chi connectivity index (χ4v) is 17.7. The third-order valence-corrected chi connectivity index (χ3v) is 23.9. The Morgan fingerprint density at radius 2 is 0.615 bits per heavy atom. The first-order chi connectivity index (χ1) is 44.2. The van der Waals surface area contributed by atoms with E-state index >= 15 is 0 Å². The third-order valence-electron chi connectivity index (χ3n) is 17.9. The summed E-state index contributed by atoms with van der Waals surface area (Å²) >= 11 is 0. The number of carbonyl (C=O) groups is 2. The summed E-state index contributed by atoms with van der Waals surface area (Å²) in [6, 6.07) is 0. The van der Waals surface area contributed by atoms with Crippen LogP contribution in [0.15, 0.2) is 0 Å². The number of esters is 2. The predicted molar refractivity (Wildman–Crippen MR) is 388 cm³/mol. The molecule has 2 unspecified atom stereocenters. The van der Waals surface area contributed by atoms with Crippen LogP contribution in [0.5, 0.6) is 0 Å². The van der Waals surface area contributed by atoms with Crippen LogP contribution in [0, 0.1) is 47.3 Å². The lowest BCUT2D eigenvalue weighted by molar-refractivity contribution is -0.156. The van der Waals surface area contributed by atoms with E-state index in [4.69, 9.17) is 52.1 Å². The summed E-state index contributed by atoms with van der Waals surface area (Å²) in [4.78, 5) is 25.1. The van der Waals surface area contributed by atoms with Crippen molar-refractivity contribution in [2.45, 2.75) is 285 Å². The molecular weight excluding hydrogens is 1230 g/mol. The molecule has 0 saturated carbocycles. The van der Waals surface area contributed by atoms with Gasteiger partial charge in [0, 0.05) is 48.1 Å². The molecule has 0 bridgehead atoms. The number of hydrogen-bond donors (Lipinski definition) is 0. The van der Waals surface area contributed by atoms with Crippen molar-refractivity contribution in [3.8, 4) is 0 Å². The predicted octanol–water partition coefficient (Wildman–Crippen LogP) is 19.3. The van der Waals surface area contributed by atoms with Crippen molar-refractivity contribution in [3.63, 3.8) is 0 Å². The standard InChI is InChI=1S/C74H142O13S4/c1-61(2)21-15-23-63(5)25-17-27-65(7)29-19-31-67(9)37-41-82-57-69(84-42-38-68(10)32-20-30-66(8)28-18-26-64(6)24-16-22-62(3)4)58-83-52-51-80-48-47-78-44-43-77-45-46-79-49-50-81-53-54-85-70(59-86-73(75)35-13-11-33-71-39-55-88-90-71)60-87-74(76)36-14-12-34-72-40-56-89-91-72/h61-72H,11-60H2,1-10H3/t63-,64-,65-,66-,67+,68+,69-,70?,71?,72?/m1/s1. The van der Waals surface area contributed by atoms with E-state index in [2.05, 4.69) is 69.2 Å². The molecule has 0 amide bonds. The Balaban J connectivity index is 1.57. The highest BCUT2D eigenvalue weighted by Gasteiger charge is 2.21. The van der Waals surface area contributed by atoms with Crippen molar-refractivity contribution in [1.82, 2.24) is 0 Å². The third kappa shape index (κ3) is 57.6. The van der Waals surface area contributed by atoms with Gasteiger partial charge in [0.25, 0.3) is 0 Å². The minimum Gasteiger partial charge on any atom is -0.463 e. The van der Waals surface area contributed by atoms with Crippen LogP contribution in [0.3, 0.4) is 0 Å². The molecule has 2 aliphatic rings. The molecular formula is C74H142O13S4. The molecule has 0 aliphatic carbocycles. The summed E-state index contributed by atoms with van der Waals surface area (Å²) in [6.45, 7) is 31.9. The summed E-state index contributed by atoms with van der Waals surface area (Å²) in [5.41, 5.74) is 0. The second-order valence-electron chi connectivity index (χ2n) is 28.3. The Labute approximate surface area is 575 Å². The first-order valence-electron chi connectivity index (χ1n) is 37.3. The molecule has 2 saturated heterocycles. The number of carbonyl (C=O) groups excluding carboxylic acids is 2. The topological polar surface area (TPSA) is 136 Å². The van der Waals surface area contributed by atoms with Crippen LogP contribution < -0.4 is 0 Å². The molecule has 2 fully saturated rings. The SMILES string of the molecule is CC(C)CCC[C@@H](C)CCC[C@@H](C)CCC[C@H](C)CCOC[C@H](COCCOCCOCCOCCOCCOCCOC(COC(=O)CCCCC1CCSS1)COC(=O)CCCCC1CCSS1)OCC[C@@H](C)CCC[C@H](C)CCC[C@H](C)CCCC(C)C. The molecule has 2 heterocycles. The van der Waals surface area contributed by atoms with Gasteiger partial charge in [0.15, 0.2) is 0 Å². The zero-order chi connectivity index (χ0) is 66.0. The van der Waals surface area contributed by atoms with Gasteiger partial charge in [-0.05, 0) is 98.7 Å². The monoisotopic (exact) mass is 1370 g/mol. The van der Waals surface area contributed by atoms with E-state index in [1.165, 1.54) is 140 Å². The van der Waals surface area contributed by atoms with Crippen molar-refractivity contribution in [2.75, 3.05) is 130 Å². The van der Waals surface area contributed by atoms with Crippen LogP contribution in [0.4, 0.5) is 0 Å². The van der Waals surface area contributed by atoms with Crippen molar-refractivity contribution >= 4 is 55.1 Å². The molecule has 0 spiro atoms. The van der Waals surface area contributed by atoms with Crippen molar-refractivity contribution in [2.24, 2.45) is 47.3 Å².